The van der Waals surface area contributed by atoms with Gasteiger partial charge in [0.2, 0.25) is 0 Å². The molecule has 0 spiro atoms. The lowest BCUT2D eigenvalue weighted by Gasteiger charge is -2.27. The first kappa shape index (κ1) is 15.1. The maximum Gasteiger partial charge on any atom is 0.0314 e. The van der Waals surface area contributed by atoms with E-state index in [1.165, 1.54) is 42.4 Å². The van der Waals surface area contributed by atoms with Gasteiger partial charge < -0.3 is 5.73 Å². The highest BCUT2D eigenvalue weighted by molar-refractivity contribution is 5.41. The molecule has 0 aliphatic heterocycles. The van der Waals surface area contributed by atoms with Crippen molar-refractivity contribution >= 4 is 5.69 Å². The van der Waals surface area contributed by atoms with Crippen LogP contribution < -0.4 is 5.73 Å². The Morgan fingerprint density at radius 3 is 2.18 bits per heavy atom. The summed E-state index contributed by atoms with van der Waals surface area (Å²) in [6.07, 6.45) is 6.48. The molecule has 0 heterocycles. The Kier molecular flexibility index (Phi) is 4.52. The number of nitrogen functional groups attached to an aromatic ring is 1. The van der Waals surface area contributed by atoms with Crippen LogP contribution in [0.2, 0.25) is 0 Å². The van der Waals surface area contributed by atoms with Gasteiger partial charge in [0.25, 0.3) is 0 Å². The van der Waals surface area contributed by atoms with Crippen LogP contribution in [0.3, 0.4) is 0 Å². The highest BCUT2D eigenvalue weighted by Gasteiger charge is 2.20. The Balaban J connectivity index is 1.73. The van der Waals surface area contributed by atoms with E-state index in [9.17, 15) is 0 Å². The average molecular weight is 293 g/mol. The quantitative estimate of drug-likeness (QED) is 0.747. The minimum atomic E-state index is 0.779. The fourth-order valence-corrected chi connectivity index (χ4v) is 3.75. The topological polar surface area (TPSA) is 26.0 Å². The largest absolute Gasteiger partial charge is 0.399 e. The van der Waals surface area contributed by atoms with Crippen molar-refractivity contribution in [1.82, 2.24) is 0 Å². The van der Waals surface area contributed by atoms with Crippen LogP contribution in [0.15, 0.2) is 42.5 Å². The van der Waals surface area contributed by atoms with Gasteiger partial charge in [-0.05, 0) is 72.4 Å². The fraction of sp³-hybridized carbons (Fsp3) is 0.429. The molecule has 22 heavy (non-hydrogen) atoms. The molecular formula is C21H27N. The Hall–Kier alpha value is -1.76. The molecule has 0 bridgehead atoms. The van der Waals surface area contributed by atoms with Crippen LogP contribution in [-0.4, -0.2) is 0 Å². The first-order valence-corrected chi connectivity index (χ1v) is 8.55. The second kappa shape index (κ2) is 6.56. The van der Waals surface area contributed by atoms with Crippen LogP contribution in [0, 0.1) is 12.8 Å². The van der Waals surface area contributed by atoms with E-state index in [-0.39, 0.29) is 0 Å². The standard InChI is InChI=1S/C21H27N/c1-15-3-8-19(9-4-15)21-12-7-18(13-16(21)2)14-17-5-10-20(22)11-6-17/h5-7,10-13,15,19H,3-4,8-9,14,22H2,1-2H3. The van der Waals surface area contributed by atoms with E-state index in [0.29, 0.717) is 0 Å². The van der Waals surface area contributed by atoms with Gasteiger partial charge in [-0.3, -0.25) is 0 Å². The van der Waals surface area contributed by atoms with Crippen molar-refractivity contribution in [1.29, 1.82) is 0 Å². The molecule has 1 heteroatoms. The molecule has 0 radical (unpaired) electrons. The SMILES string of the molecule is Cc1cc(Cc2ccc(N)cc2)ccc1C1CCC(C)CC1. The molecule has 0 amide bonds. The Morgan fingerprint density at radius 2 is 1.55 bits per heavy atom. The predicted molar refractivity (Wildman–Crippen MR) is 95.2 cm³/mol. The molecule has 3 rings (SSSR count). The summed E-state index contributed by atoms with van der Waals surface area (Å²) in [6.45, 7) is 4.67. The van der Waals surface area contributed by atoms with Gasteiger partial charge in [-0.15, -0.1) is 0 Å². The van der Waals surface area contributed by atoms with Crippen molar-refractivity contribution in [2.24, 2.45) is 5.92 Å². The lowest BCUT2D eigenvalue weighted by atomic mass is 9.78. The molecule has 0 saturated heterocycles. The predicted octanol–water partition coefficient (Wildman–Crippen LogP) is 5.46. The van der Waals surface area contributed by atoms with E-state index in [4.69, 9.17) is 5.73 Å². The number of anilines is 1. The summed E-state index contributed by atoms with van der Waals surface area (Å²) < 4.78 is 0. The summed E-state index contributed by atoms with van der Waals surface area (Å²) in [4.78, 5) is 0. The summed E-state index contributed by atoms with van der Waals surface area (Å²) in [5.41, 5.74) is 12.4. The van der Waals surface area contributed by atoms with E-state index in [1.807, 2.05) is 12.1 Å². The Bertz CT molecular complexity index is 619. The van der Waals surface area contributed by atoms with E-state index in [1.54, 1.807) is 5.56 Å². The van der Waals surface area contributed by atoms with Crippen molar-refractivity contribution in [3.8, 4) is 0 Å². The first-order chi connectivity index (χ1) is 10.6. The Morgan fingerprint density at radius 1 is 0.909 bits per heavy atom. The lowest BCUT2D eigenvalue weighted by Crippen LogP contribution is -2.12. The molecule has 1 fully saturated rings. The summed E-state index contributed by atoms with van der Waals surface area (Å²) in [7, 11) is 0. The van der Waals surface area contributed by atoms with Crippen LogP contribution in [0.1, 0.15) is 60.8 Å². The molecule has 1 saturated carbocycles. The third kappa shape index (κ3) is 3.52. The summed E-state index contributed by atoms with van der Waals surface area (Å²) in [5, 5.41) is 0. The van der Waals surface area contributed by atoms with Crippen LogP contribution in [0.25, 0.3) is 0 Å². The molecular weight excluding hydrogens is 266 g/mol. The van der Waals surface area contributed by atoms with Gasteiger partial charge in [-0.1, -0.05) is 50.1 Å². The molecule has 1 nitrogen and oxygen atoms in total. The second-order valence-corrected chi connectivity index (χ2v) is 7.07. The molecule has 2 aromatic rings. The lowest BCUT2D eigenvalue weighted by molar-refractivity contribution is 0.347. The monoisotopic (exact) mass is 293 g/mol. The minimum absolute atomic E-state index is 0.779. The minimum Gasteiger partial charge on any atom is -0.399 e. The van der Waals surface area contributed by atoms with Gasteiger partial charge in [0.1, 0.15) is 0 Å². The van der Waals surface area contributed by atoms with Crippen LogP contribution in [0.5, 0.6) is 0 Å². The van der Waals surface area contributed by atoms with E-state index >= 15 is 0 Å². The second-order valence-electron chi connectivity index (χ2n) is 7.07. The first-order valence-electron chi connectivity index (χ1n) is 8.55. The van der Waals surface area contributed by atoms with Gasteiger partial charge in [-0.25, -0.2) is 0 Å². The summed E-state index contributed by atoms with van der Waals surface area (Å²) in [5.74, 6) is 1.70. The van der Waals surface area contributed by atoms with E-state index < -0.39 is 0 Å². The maximum atomic E-state index is 5.76. The zero-order valence-electron chi connectivity index (χ0n) is 13.8. The van der Waals surface area contributed by atoms with Crippen molar-refractivity contribution in [3.05, 3.63) is 64.7 Å². The zero-order valence-corrected chi connectivity index (χ0v) is 13.8. The molecule has 0 aromatic heterocycles. The van der Waals surface area contributed by atoms with Crippen molar-refractivity contribution in [2.45, 2.75) is 51.9 Å². The van der Waals surface area contributed by atoms with Gasteiger partial charge in [0, 0.05) is 5.69 Å². The maximum absolute atomic E-state index is 5.76. The molecule has 116 valence electrons. The third-order valence-corrected chi connectivity index (χ3v) is 5.18. The number of benzene rings is 2. The van der Waals surface area contributed by atoms with Gasteiger partial charge >= 0.3 is 0 Å². The van der Waals surface area contributed by atoms with Crippen LogP contribution in [0.4, 0.5) is 5.69 Å². The smallest absolute Gasteiger partial charge is 0.0314 e. The number of rotatable bonds is 3. The Labute approximate surface area is 134 Å². The number of hydrogen-bond donors (Lipinski definition) is 1. The van der Waals surface area contributed by atoms with E-state index in [0.717, 1.165) is 23.9 Å². The normalized spacial score (nSPS) is 21.7. The summed E-state index contributed by atoms with van der Waals surface area (Å²) in [6, 6.07) is 15.3. The van der Waals surface area contributed by atoms with E-state index in [2.05, 4.69) is 44.2 Å². The van der Waals surface area contributed by atoms with Gasteiger partial charge in [0.05, 0.1) is 0 Å². The summed E-state index contributed by atoms with van der Waals surface area (Å²) >= 11 is 0. The van der Waals surface area contributed by atoms with Gasteiger partial charge in [0.15, 0.2) is 0 Å². The highest BCUT2D eigenvalue weighted by atomic mass is 14.5. The zero-order chi connectivity index (χ0) is 15.5. The number of hydrogen-bond acceptors (Lipinski definition) is 1. The highest BCUT2D eigenvalue weighted by Crippen LogP contribution is 2.37. The van der Waals surface area contributed by atoms with Crippen molar-refractivity contribution in [3.63, 3.8) is 0 Å². The number of nitrogens with two attached hydrogens (primary N) is 1. The van der Waals surface area contributed by atoms with Crippen LogP contribution >= 0.6 is 0 Å². The fourth-order valence-electron chi connectivity index (χ4n) is 3.75. The third-order valence-electron chi connectivity index (χ3n) is 5.18. The number of aryl methyl sites for hydroxylation is 1. The van der Waals surface area contributed by atoms with Gasteiger partial charge in [-0.2, -0.15) is 0 Å². The van der Waals surface area contributed by atoms with Crippen LogP contribution in [-0.2, 0) is 6.42 Å². The van der Waals surface area contributed by atoms with Crippen molar-refractivity contribution < 1.29 is 0 Å². The van der Waals surface area contributed by atoms with Crippen molar-refractivity contribution in [2.75, 3.05) is 5.73 Å². The molecule has 2 aromatic carbocycles. The molecule has 0 atom stereocenters. The molecule has 0 unspecified atom stereocenters. The molecule has 1 aliphatic rings. The molecule has 1 aliphatic carbocycles. The average Bonchev–Trinajstić information content (AvgIpc) is 2.51. The molecule has 2 N–H and O–H groups in total.